The molecule has 0 aliphatic carbocycles. The predicted molar refractivity (Wildman–Crippen MR) is 40.5 cm³/mol. The van der Waals surface area contributed by atoms with Crippen LogP contribution in [0.3, 0.4) is 0 Å². The zero-order valence-corrected chi connectivity index (χ0v) is 5.96. The van der Waals surface area contributed by atoms with E-state index < -0.39 is 0 Å². The Morgan fingerprint density at radius 1 is 1.33 bits per heavy atom. The molecule has 2 heterocycles. The van der Waals surface area contributed by atoms with Crippen LogP contribution in [0.25, 0.3) is 0 Å². The Kier molecular flexibility index (Phi) is 1.21. The van der Waals surface area contributed by atoms with Gasteiger partial charge in [-0.25, -0.2) is 0 Å². The van der Waals surface area contributed by atoms with Gasteiger partial charge in [-0.15, -0.1) is 0 Å². The zero-order chi connectivity index (χ0) is 8.55. The number of hydrogen-bond donors (Lipinski definition) is 2. The van der Waals surface area contributed by atoms with Crippen LogP contribution in [-0.2, 0) is 4.79 Å². The summed E-state index contributed by atoms with van der Waals surface area (Å²) in [7, 11) is 0. The van der Waals surface area contributed by atoms with Crippen LogP contribution in [0.1, 0.15) is 0 Å². The second-order valence-corrected chi connectivity index (χ2v) is 2.29. The Morgan fingerprint density at radius 2 is 2.08 bits per heavy atom. The van der Waals surface area contributed by atoms with E-state index in [0.717, 1.165) is 0 Å². The molecule has 0 saturated carbocycles. The maximum absolute atomic E-state index is 11.0. The van der Waals surface area contributed by atoms with Crippen molar-refractivity contribution in [1.82, 2.24) is 10.6 Å². The molecule has 2 aliphatic rings. The molecule has 0 spiro atoms. The molecule has 0 radical (unpaired) electrons. The number of nitriles is 1. The van der Waals surface area contributed by atoms with Crippen LogP contribution >= 0.6 is 0 Å². The number of amides is 1. The van der Waals surface area contributed by atoms with Crippen molar-refractivity contribution in [2.24, 2.45) is 4.99 Å². The molecule has 0 aromatic heterocycles. The van der Waals surface area contributed by atoms with Crippen LogP contribution in [0, 0.1) is 11.5 Å². The van der Waals surface area contributed by atoms with Crippen molar-refractivity contribution in [3.63, 3.8) is 0 Å². The highest BCUT2D eigenvalue weighted by Crippen LogP contribution is 2.19. The van der Waals surface area contributed by atoms with Crippen LogP contribution in [0.15, 0.2) is 28.5 Å². The SMILES string of the molecule is N#CN=C1NC=C2C(=O)NC=C21. The minimum absolute atomic E-state index is 0.166. The van der Waals surface area contributed by atoms with Crippen LogP contribution in [0.4, 0.5) is 0 Å². The molecule has 0 aromatic rings. The van der Waals surface area contributed by atoms with Crippen LogP contribution in [0.2, 0.25) is 0 Å². The summed E-state index contributed by atoms with van der Waals surface area (Å²) in [5.74, 6) is 0.256. The van der Waals surface area contributed by atoms with Gasteiger partial charge in [0.1, 0.15) is 0 Å². The van der Waals surface area contributed by atoms with Crippen molar-refractivity contribution in [3.8, 4) is 6.19 Å². The van der Waals surface area contributed by atoms with Gasteiger partial charge in [0.25, 0.3) is 5.91 Å². The first-order valence-electron chi connectivity index (χ1n) is 3.28. The summed E-state index contributed by atoms with van der Waals surface area (Å²) in [5.41, 5.74) is 1.19. The Balaban J connectivity index is 2.40. The third-order valence-electron chi connectivity index (χ3n) is 1.65. The van der Waals surface area contributed by atoms with E-state index in [9.17, 15) is 4.79 Å². The van der Waals surface area contributed by atoms with Gasteiger partial charge < -0.3 is 10.6 Å². The maximum Gasteiger partial charge on any atom is 0.257 e. The molecule has 12 heavy (non-hydrogen) atoms. The second-order valence-electron chi connectivity index (χ2n) is 2.29. The molecule has 5 heteroatoms. The summed E-state index contributed by atoms with van der Waals surface area (Å²) in [5, 5.41) is 13.5. The number of nitrogens with one attached hydrogen (secondary N) is 2. The molecule has 0 atom stereocenters. The number of carbonyl (C=O) groups is 1. The van der Waals surface area contributed by atoms with Gasteiger partial charge in [0, 0.05) is 18.0 Å². The summed E-state index contributed by atoms with van der Waals surface area (Å²) in [4.78, 5) is 14.5. The lowest BCUT2D eigenvalue weighted by molar-refractivity contribution is -0.115. The third kappa shape index (κ3) is 0.720. The highest BCUT2D eigenvalue weighted by molar-refractivity contribution is 6.19. The molecule has 2 rings (SSSR count). The molecule has 2 N–H and O–H groups in total. The first-order chi connectivity index (χ1) is 5.83. The number of fused-ring (bicyclic) bond motifs is 1. The minimum atomic E-state index is -0.166. The fraction of sp³-hybridized carbons (Fsp3) is 0. The molecule has 2 aliphatic heterocycles. The van der Waals surface area contributed by atoms with Crippen molar-refractivity contribution in [2.75, 3.05) is 0 Å². The van der Waals surface area contributed by atoms with Crippen molar-refractivity contribution >= 4 is 11.7 Å². The van der Waals surface area contributed by atoms with Crippen LogP contribution < -0.4 is 10.6 Å². The smallest absolute Gasteiger partial charge is 0.257 e. The van der Waals surface area contributed by atoms with E-state index in [1.165, 1.54) is 12.4 Å². The predicted octanol–water partition coefficient (Wildman–Crippen LogP) is -0.633. The Bertz CT molecular complexity index is 383. The van der Waals surface area contributed by atoms with E-state index in [0.29, 0.717) is 17.0 Å². The van der Waals surface area contributed by atoms with Gasteiger partial charge in [-0.1, -0.05) is 0 Å². The van der Waals surface area contributed by atoms with Gasteiger partial charge in [-0.3, -0.25) is 4.79 Å². The lowest BCUT2D eigenvalue weighted by Gasteiger charge is -1.92. The zero-order valence-electron chi connectivity index (χ0n) is 5.96. The normalized spacial score (nSPS) is 22.2. The first-order valence-corrected chi connectivity index (χ1v) is 3.28. The van der Waals surface area contributed by atoms with Gasteiger partial charge in [-0.2, -0.15) is 10.3 Å². The van der Waals surface area contributed by atoms with Gasteiger partial charge >= 0.3 is 0 Å². The first kappa shape index (κ1) is 6.61. The molecule has 1 amide bonds. The van der Waals surface area contributed by atoms with E-state index in [-0.39, 0.29) is 5.91 Å². The van der Waals surface area contributed by atoms with E-state index in [4.69, 9.17) is 5.26 Å². The maximum atomic E-state index is 11.0. The minimum Gasteiger partial charge on any atom is -0.345 e. The van der Waals surface area contributed by atoms with Gasteiger partial charge in [-0.05, 0) is 0 Å². The van der Waals surface area contributed by atoms with E-state index >= 15 is 0 Å². The molecule has 0 bridgehead atoms. The fourth-order valence-electron chi connectivity index (χ4n) is 1.12. The van der Waals surface area contributed by atoms with E-state index in [2.05, 4.69) is 15.6 Å². The number of amidine groups is 1. The molecule has 0 saturated heterocycles. The van der Waals surface area contributed by atoms with E-state index in [1.54, 1.807) is 6.19 Å². The number of nitrogens with zero attached hydrogens (tertiary/aromatic N) is 2. The summed E-state index contributed by atoms with van der Waals surface area (Å²) in [6.45, 7) is 0. The molecule has 58 valence electrons. The summed E-state index contributed by atoms with van der Waals surface area (Å²) >= 11 is 0. The van der Waals surface area contributed by atoms with Crippen molar-refractivity contribution in [2.45, 2.75) is 0 Å². The summed E-state index contributed by atoms with van der Waals surface area (Å²) < 4.78 is 0. The fourth-order valence-corrected chi connectivity index (χ4v) is 1.12. The molecular formula is C7H4N4O. The van der Waals surface area contributed by atoms with Gasteiger partial charge in [0.2, 0.25) is 6.19 Å². The van der Waals surface area contributed by atoms with Gasteiger partial charge in [0.15, 0.2) is 5.84 Å². The highest BCUT2D eigenvalue weighted by atomic mass is 16.1. The number of rotatable bonds is 0. The standard InChI is InChI=1S/C7H4N4O/c8-3-11-6-4-1-10-7(12)5(4)2-9-6/h1-2H,(H,9,11)(H,10,12). The lowest BCUT2D eigenvalue weighted by atomic mass is 10.2. The van der Waals surface area contributed by atoms with Crippen LogP contribution in [-0.4, -0.2) is 11.7 Å². The largest absolute Gasteiger partial charge is 0.345 e. The molecule has 5 nitrogen and oxygen atoms in total. The number of hydrogen-bond acceptors (Lipinski definition) is 3. The summed E-state index contributed by atoms with van der Waals surface area (Å²) in [6.07, 6.45) is 4.71. The molecule has 0 fully saturated rings. The quantitative estimate of drug-likeness (QED) is 0.463. The molecule has 0 aromatic carbocycles. The van der Waals surface area contributed by atoms with Gasteiger partial charge in [0.05, 0.1) is 5.57 Å². The Hall–Kier alpha value is -2.09. The third-order valence-corrected chi connectivity index (χ3v) is 1.65. The Labute approximate surface area is 68.1 Å². The highest BCUT2D eigenvalue weighted by Gasteiger charge is 2.28. The molecular weight excluding hydrogens is 156 g/mol. The average molecular weight is 160 g/mol. The van der Waals surface area contributed by atoms with Crippen molar-refractivity contribution < 1.29 is 4.79 Å². The molecule has 0 unspecified atom stereocenters. The van der Waals surface area contributed by atoms with E-state index in [1.807, 2.05) is 0 Å². The number of aliphatic imine (C=N–C) groups is 1. The lowest BCUT2D eigenvalue weighted by Crippen LogP contribution is -2.13. The van der Waals surface area contributed by atoms with Crippen molar-refractivity contribution in [1.29, 1.82) is 5.26 Å². The van der Waals surface area contributed by atoms with Crippen LogP contribution in [0.5, 0.6) is 0 Å². The monoisotopic (exact) mass is 160 g/mol. The average Bonchev–Trinajstić information content (AvgIpc) is 2.58. The number of carbonyl (C=O) groups excluding carboxylic acids is 1. The Morgan fingerprint density at radius 3 is 2.83 bits per heavy atom. The van der Waals surface area contributed by atoms with Crippen molar-refractivity contribution in [3.05, 3.63) is 23.5 Å². The second kappa shape index (κ2) is 2.20. The summed E-state index contributed by atoms with van der Waals surface area (Å²) in [6, 6.07) is 0. The topological polar surface area (TPSA) is 77.3 Å².